The van der Waals surface area contributed by atoms with Crippen LogP contribution in [0.4, 0.5) is 0 Å². The molecule has 1 fully saturated rings. The third-order valence-electron chi connectivity index (χ3n) is 3.26. The Morgan fingerprint density at radius 3 is 2.60 bits per heavy atom. The van der Waals surface area contributed by atoms with Crippen LogP contribution in [0, 0.1) is 0 Å². The van der Waals surface area contributed by atoms with Crippen molar-refractivity contribution in [1.29, 1.82) is 0 Å². The van der Waals surface area contributed by atoms with Gasteiger partial charge in [0.05, 0.1) is 0 Å². The molecule has 1 nitrogen and oxygen atoms in total. The van der Waals surface area contributed by atoms with E-state index in [0.717, 1.165) is 0 Å². The van der Waals surface area contributed by atoms with Crippen molar-refractivity contribution < 1.29 is 0 Å². The molecule has 0 aromatic carbocycles. The maximum absolute atomic E-state index is 2.69. The molecule has 84 valence electrons. The van der Waals surface area contributed by atoms with Crippen molar-refractivity contribution in [3.05, 3.63) is 17.5 Å². The lowest BCUT2D eigenvalue weighted by atomic mass is 10.1. The molecule has 0 atom stereocenters. The van der Waals surface area contributed by atoms with E-state index >= 15 is 0 Å². The molecule has 0 unspecified atom stereocenters. The van der Waals surface area contributed by atoms with Crippen LogP contribution in [-0.2, 0) is 0 Å². The molecule has 3 heteroatoms. The first-order valence-electron chi connectivity index (χ1n) is 5.95. The Kier molecular flexibility index (Phi) is 3.64. The Morgan fingerprint density at radius 1 is 1.27 bits per heavy atom. The lowest BCUT2D eigenvalue weighted by Crippen LogP contribution is -2.51. The fourth-order valence-corrected chi connectivity index (χ4v) is 6.69. The van der Waals surface area contributed by atoms with Gasteiger partial charge in [0.15, 0.2) is 0 Å². The summed E-state index contributed by atoms with van der Waals surface area (Å²) < 4.78 is 1.66. The first-order chi connectivity index (χ1) is 7.18. The first-order valence-corrected chi connectivity index (χ1v) is 10.0. The molecule has 15 heavy (non-hydrogen) atoms. The molecule has 0 aliphatic carbocycles. The summed E-state index contributed by atoms with van der Waals surface area (Å²) >= 11 is 1.95. The second kappa shape index (κ2) is 4.81. The summed E-state index contributed by atoms with van der Waals surface area (Å²) in [6.45, 7) is 7.69. The molecular weight excluding hydrogens is 218 g/mol. The smallest absolute Gasteiger partial charge is 0.107 e. The van der Waals surface area contributed by atoms with Crippen molar-refractivity contribution in [2.24, 2.45) is 0 Å². The van der Waals surface area contributed by atoms with Crippen molar-refractivity contribution in [1.82, 2.24) is 4.90 Å². The summed E-state index contributed by atoms with van der Waals surface area (Å²) in [5, 5.41) is 2.22. The van der Waals surface area contributed by atoms with Gasteiger partial charge < -0.3 is 4.90 Å². The molecule has 0 bridgehead atoms. The molecule has 0 spiro atoms. The van der Waals surface area contributed by atoms with Crippen LogP contribution >= 0.6 is 11.3 Å². The van der Waals surface area contributed by atoms with Gasteiger partial charge in [-0.15, -0.1) is 0 Å². The number of piperidine rings is 1. The molecule has 1 aromatic rings. The maximum Gasteiger partial charge on any atom is 0.107 e. The summed E-state index contributed by atoms with van der Waals surface area (Å²) in [7, 11) is -1.17. The molecule has 1 aliphatic rings. The van der Waals surface area contributed by atoms with Crippen LogP contribution in [0.15, 0.2) is 17.5 Å². The van der Waals surface area contributed by atoms with Gasteiger partial charge in [-0.25, -0.2) is 0 Å². The third-order valence-corrected chi connectivity index (χ3v) is 8.69. The highest BCUT2D eigenvalue weighted by molar-refractivity contribution is 7.25. The molecule has 1 aliphatic heterocycles. The average molecular weight is 239 g/mol. The Bertz CT molecular complexity index is 289. The average Bonchev–Trinajstić information content (AvgIpc) is 2.71. The Morgan fingerprint density at radius 2 is 2.00 bits per heavy atom. The summed E-state index contributed by atoms with van der Waals surface area (Å²) in [6.07, 6.45) is 5.62. The zero-order valence-corrected chi connectivity index (χ0v) is 11.6. The van der Waals surface area contributed by atoms with E-state index in [-0.39, 0.29) is 0 Å². The number of nitrogens with zero attached hydrogens (tertiary/aromatic N) is 1. The largest absolute Gasteiger partial charge is 0.306 e. The molecule has 0 radical (unpaired) electrons. The second-order valence-corrected chi connectivity index (χ2v) is 11.1. The van der Waals surface area contributed by atoms with Gasteiger partial charge in [-0.1, -0.05) is 31.6 Å². The predicted octanol–water partition coefficient (Wildman–Crippen LogP) is 2.69. The Hall–Kier alpha value is -0.123. The van der Waals surface area contributed by atoms with E-state index in [2.05, 4.69) is 35.5 Å². The molecular formula is C12H21NSSi. The van der Waals surface area contributed by atoms with E-state index in [9.17, 15) is 0 Å². The molecule has 2 rings (SSSR count). The van der Waals surface area contributed by atoms with Gasteiger partial charge >= 0.3 is 0 Å². The molecule has 0 saturated carbocycles. The number of hydrogen-bond donors (Lipinski definition) is 0. The quantitative estimate of drug-likeness (QED) is 0.733. The van der Waals surface area contributed by atoms with E-state index in [4.69, 9.17) is 0 Å². The van der Waals surface area contributed by atoms with Gasteiger partial charge in [0.25, 0.3) is 0 Å². The van der Waals surface area contributed by atoms with E-state index in [1.54, 1.807) is 4.50 Å². The Labute approximate surface area is 98.1 Å². The summed E-state index contributed by atoms with van der Waals surface area (Å²) in [6, 6.07) is 4.53. The highest BCUT2D eigenvalue weighted by Gasteiger charge is 2.27. The van der Waals surface area contributed by atoms with Gasteiger partial charge in [-0.3, -0.25) is 0 Å². The van der Waals surface area contributed by atoms with Crippen molar-refractivity contribution in [2.45, 2.75) is 32.4 Å². The van der Waals surface area contributed by atoms with E-state index < -0.39 is 8.07 Å². The topological polar surface area (TPSA) is 3.24 Å². The Balaban J connectivity index is 1.97. The van der Waals surface area contributed by atoms with Gasteiger partial charge in [-0.05, 0) is 42.0 Å². The molecule has 1 saturated heterocycles. The summed E-state index contributed by atoms with van der Waals surface area (Å²) in [5.74, 6) is 0. The van der Waals surface area contributed by atoms with Crippen molar-refractivity contribution in [2.75, 3.05) is 19.3 Å². The lowest BCUT2D eigenvalue weighted by molar-refractivity contribution is 0.260. The summed E-state index contributed by atoms with van der Waals surface area (Å²) in [5.41, 5.74) is 0. The fraction of sp³-hybridized carbons (Fsp3) is 0.667. The van der Waals surface area contributed by atoms with Gasteiger partial charge in [0, 0.05) is 0 Å². The van der Waals surface area contributed by atoms with Crippen molar-refractivity contribution >= 4 is 23.9 Å². The first kappa shape index (κ1) is 11.4. The highest BCUT2D eigenvalue weighted by Crippen LogP contribution is 2.14. The fourth-order valence-electron chi connectivity index (χ4n) is 2.42. The standard InChI is InChI=1S/C12H21NSSi/c1-15(2,12-7-6-10-14-12)11-13-8-4-3-5-9-13/h6-7,10H,3-5,8-9,11H2,1-2H3. The van der Waals surface area contributed by atoms with E-state index in [1.165, 1.54) is 38.5 Å². The van der Waals surface area contributed by atoms with Crippen molar-refractivity contribution in [3.8, 4) is 0 Å². The zero-order chi connectivity index (χ0) is 10.7. The van der Waals surface area contributed by atoms with E-state index in [1.807, 2.05) is 11.3 Å². The molecule has 0 amide bonds. The maximum atomic E-state index is 2.69. The minimum atomic E-state index is -1.17. The van der Waals surface area contributed by atoms with Crippen LogP contribution in [0.3, 0.4) is 0 Å². The number of likely N-dealkylation sites (tertiary alicyclic amines) is 1. The number of hydrogen-bond acceptors (Lipinski definition) is 2. The van der Waals surface area contributed by atoms with Gasteiger partial charge in [0.1, 0.15) is 8.07 Å². The second-order valence-electron chi connectivity index (χ2n) is 5.20. The van der Waals surface area contributed by atoms with Crippen molar-refractivity contribution in [3.63, 3.8) is 0 Å². The normalized spacial score (nSPS) is 19.3. The van der Waals surface area contributed by atoms with Crippen LogP contribution in [0.5, 0.6) is 0 Å². The van der Waals surface area contributed by atoms with E-state index in [0.29, 0.717) is 0 Å². The molecule has 0 N–H and O–H groups in total. The SMILES string of the molecule is C[Si](C)(CN1CCCCC1)c1cccs1. The minimum Gasteiger partial charge on any atom is -0.306 e. The predicted molar refractivity (Wildman–Crippen MR) is 71.7 cm³/mol. The van der Waals surface area contributed by atoms with Crippen LogP contribution in [0.25, 0.3) is 0 Å². The van der Waals surface area contributed by atoms with Crippen LogP contribution in [-0.4, -0.2) is 32.2 Å². The number of rotatable bonds is 3. The lowest BCUT2D eigenvalue weighted by Gasteiger charge is -2.33. The summed E-state index contributed by atoms with van der Waals surface area (Å²) in [4.78, 5) is 2.69. The monoisotopic (exact) mass is 239 g/mol. The van der Waals surface area contributed by atoms with Crippen LogP contribution in [0.2, 0.25) is 13.1 Å². The molecule has 2 heterocycles. The zero-order valence-electron chi connectivity index (χ0n) is 9.83. The minimum absolute atomic E-state index is 1.17. The van der Waals surface area contributed by atoms with Crippen LogP contribution in [0.1, 0.15) is 19.3 Å². The number of thiophene rings is 1. The van der Waals surface area contributed by atoms with Crippen LogP contribution < -0.4 is 4.50 Å². The van der Waals surface area contributed by atoms with Gasteiger partial charge in [-0.2, -0.15) is 11.3 Å². The van der Waals surface area contributed by atoms with Gasteiger partial charge in [0.2, 0.25) is 0 Å². The molecule has 1 aromatic heterocycles. The highest BCUT2D eigenvalue weighted by atomic mass is 32.1. The third kappa shape index (κ3) is 2.92.